The topological polar surface area (TPSA) is 67.3 Å². The summed E-state index contributed by atoms with van der Waals surface area (Å²) in [7, 11) is -4.00. The molecule has 1 saturated carbocycles. The zero-order valence-electron chi connectivity index (χ0n) is 14.9. The highest BCUT2D eigenvalue weighted by Gasteiger charge is 2.52. The maximum atomic E-state index is 13.4. The molecule has 0 radical (unpaired) electrons. The van der Waals surface area contributed by atoms with Gasteiger partial charge < -0.3 is 0 Å². The van der Waals surface area contributed by atoms with E-state index >= 15 is 0 Å². The van der Waals surface area contributed by atoms with Gasteiger partial charge in [0.25, 0.3) is 0 Å². The first-order chi connectivity index (χ1) is 13.6. The van der Waals surface area contributed by atoms with Crippen LogP contribution in [0, 0.1) is 5.92 Å². The molecule has 0 unspecified atom stereocenters. The second kappa shape index (κ2) is 7.07. The lowest BCUT2D eigenvalue weighted by molar-refractivity contribution is -0.141. The lowest BCUT2D eigenvalue weighted by Crippen LogP contribution is -2.56. The summed E-state index contributed by atoms with van der Waals surface area (Å²) >= 11 is 5.85. The summed E-state index contributed by atoms with van der Waals surface area (Å²) in [5, 5.41) is 0.378. The molecule has 5 nitrogen and oxygen atoms in total. The average Bonchev–Trinajstić information content (AvgIpc) is 2.67. The molecule has 5 rings (SSSR count). The molecule has 3 fully saturated rings. The number of sulfonamides is 1. The van der Waals surface area contributed by atoms with Crippen LogP contribution < -0.4 is 0 Å². The van der Waals surface area contributed by atoms with Crippen molar-refractivity contribution in [2.75, 3.05) is 0 Å². The number of pyridine rings is 1. The number of Topliss-reactive ketones (excluding diaryl/α,β-unsaturated/α-hetero) is 1. The van der Waals surface area contributed by atoms with E-state index in [1.165, 1.54) is 34.6 Å². The molecule has 3 aliphatic rings. The molecule has 3 atom stereocenters. The van der Waals surface area contributed by atoms with Crippen molar-refractivity contribution in [2.24, 2.45) is 5.92 Å². The van der Waals surface area contributed by atoms with Crippen LogP contribution in [0.5, 0.6) is 0 Å². The van der Waals surface area contributed by atoms with Crippen LogP contribution >= 0.6 is 11.6 Å². The van der Waals surface area contributed by atoms with Gasteiger partial charge in [-0.25, -0.2) is 8.42 Å². The van der Waals surface area contributed by atoms with Crippen LogP contribution in [0.2, 0.25) is 5.02 Å². The van der Waals surface area contributed by atoms with Crippen molar-refractivity contribution >= 4 is 27.4 Å². The molecule has 2 bridgehead atoms. The Morgan fingerprint density at radius 2 is 1.76 bits per heavy atom. The van der Waals surface area contributed by atoms with Gasteiger partial charge in [0.05, 0.1) is 10.9 Å². The van der Waals surface area contributed by atoms with Crippen molar-refractivity contribution in [3.05, 3.63) is 58.9 Å². The second-order valence-electron chi connectivity index (χ2n) is 7.22. The van der Waals surface area contributed by atoms with Gasteiger partial charge in [0.15, 0.2) is 0 Å². The van der Waals surface area contributed by atoms with E-state index in [0.29, 0.717) is 17.9 Å². The normalized spacial score (nSPS) is 25.4. The highest BCUT2D eigenvalue weighted by molar-refractivity contribution is 7.89. The Kier molecular flexibility index (Phi) is 4.95. The minimum Gasteiger partial charge on any atom is -0.299 e. The number of halogens is 4. The van der Waals surface area contributed by atoms with Crippen molar-refractivity contribution < 1.29 is 26.4 Å². The molecule has 1 aliphatic carbocycles. The van der Waals surface area contributed by atoms with Crippen molar-refractivity contribution in [3.63, 3.8) is 0 Å². The number of fused-ring (bicyclic) bond motifs is 3. The monoisotopic (exact) mass is 444 g/mol. The lowest BCUT2D eigenvalue weighted by atomic mass is 9.73. The first-order valence-corrected chi connectivity index (χ1v) is 10.8. The predicted molar refractivity (Wildman–Crippen MR) is 98.6 cm³/mol. The Balaban J connectivity index is 1.79. The second-order valence-corrected chi connectivity index (χ2v) is 9.50. The van der Waals surface area contributed by atoms with Crippen LogP contribution in [0.1, 0.15) is 36.6 Å². The van der Waals surface area contributed by atoms with Crippen LogP contribution in [0.15, 0.2) is 47.5 Å². The lowest BCUT2D eigenvalue weighted by Gasteiger charge is -2.49. The average molecular weight is 445 g/mol. The first kappa shape index (κ1) is 20.3. The summed E-state index contributed by atoms with van der Waals surface area (Å²) in [6, 6.07) is 6.26. The highest BCUT2D eigenvalue weighted by atomic mass is 35.5. The summed E-state index contributed by atoms with van der Waals surface area (Å²) in [5.74, 6) is -0.686. The summed E-state index contributed by atoms with van der Waals surface area (Å²) in [5.41, 5.74) is -0.793. The van der Waals surface area contributed by atoms with E-state index in [-0.39, 0.29) is 22.7 Å². The van der Waals surface area contributed by atoms with Gasteiger partial charge in [-0.3, -0.25) is 9.78 Å². The van der Waals surface area contributed by atoms with Crippen LogP contribution in [-0.2, 0) is 21.0 Å². The van der Waals surface area contributed by atoms with Crippen molar-refractivity contribution in [1.82, 2.24) is 9.29 Å². The zero-order valence-corrected chi connectivity index (χ0v) is 16.5. The van der Waals surface area contributed by atoms with Gasteiger partial charge >= 0.3 is 6.18 Å². The molecule has 2 aromatic rings. The number of rotatable bonds is 3. The van der Waals surface area contributed by atoms with Gasteiger partial charge in [0.2, 0.25) is 10.0 Å². The van der Waals surface area contributed by atoms with E-state index in [4.69, 9.17) is 11.6 Å². The largest absolute Gasteiger partial charge is 0.433 e. The zero-order chi connectivity index (χ0) is 21.0. The Bertz CT molecular complexity index is 1040. The van der Waals surface area contributed by atoms with Crippen molar-refractivity contribution in [3.8, 4) is 0 Å². The Morgan fingerprint density at radius 3 is 2.31 bits per heavy atom. The molecule has 2 saturated heterocycles. The van der Waals surface area contributed by atoms with Gasteiger partial charge in [-0.1, -0.05) is 17.7 Å². The Hall–Kier alpha value is -1.97. The van der Waals surface area contributed by atoms with E-state index in [1.807, 2.05) is 0 Å². The number of carbonyl (C=O) groups is 1. The molecule has 10 heteroatoms. The van der Waals surface area contributed by atoms with E-state index < -0.39 is 39.9 Å². The van der Waals surface area contributed by atoms with Crippen LogP contribution in [-0.4, -0.2) is 29.5 Å². The molecule has 0 amide bonds. The number of aromatic nitrogens is 1. The molecule has 29 heavy (non-hydrogen) atoms. The van der Waals surface area contributed by atoms with E-state index in [2.05, 4.69) is 4.98 Å². The van der Waals surface area contributed by atoms with Crippen LogP contribution in [0.4, 0.5) is 13.2 Å². The van der Waals surface area contributed by atoms with Crippen molar-refractivity contribution in [2.45, 2.75) is 42.4 Å². The fraction of sp³-hybridized carbons (Fsp3) is 0.368. The molecule has 0 N–H and O–H groups in total. The minimum absolute atomic E-state index is 0.0202. The highest BCUT2D eigenvalue weighted by Crippen LogP contribution is 2.48. The third kappa shape index (κ3) is 3.55. The number of piperidine rings is 2. The van der Waals surface area contributed by atoms with Crippen LogP contribution in [0.25, 0.3) is 0 Å². The molecular formula is C19H16ClF3N2O3S. The predicted octanol–water partition coefficient (Wildman–Crippen LogP) is 4.24. The fourth-order valence-electron chi connectivity index (χ4n) is 4.18. The molecule has 1 aromatic heterocycles. The molecule has 2 aliphatic heterocycles. The van der Waals surface area contributed by atoms with Gasteiger partial charge in [0.1, 0.15) is 11.5 Å². The molecule has 0 spiro atoms. The third-order valence-electron chi connectivity index (χ3n) is 5.48. The molecular weight excluding hydrogens is 429 g/mol. The SMILES string of the molecule is O=C1C[C@@H]2CC[C@H]1[C@@H](c1ccc(C(F)(F)F)nc1)N2S(=O)(=O)c1ccc(Cl)cc1. The van der Waals surface area contributed by atoms with Gasteiger partial charge in [0, 0.05) is 29.6 Å². The number of hydrogen-bond acceptors (Lipinski definition) is 4. The quantitative estimate of drug-likeness (QED) is 0.710. The number of hydrogen-bond donors (Lipinski definition) is 0. The van der Waals surface area contributed by atoms with Gasteiger partial charge in [-0.2, -0.15) is 17.5 Å². The van der Waals surface area contributed by atoms with E-state index in [1.54, 1.807) is 0 Å². The minimum atomic E-state index is -4.60. The number of nitrogens with zero attached hydrogens (tertiary/aromatic N) is 2. The van der Waals surface area contributed by atoms with Crippen LogP contribution in [0.3, 0.4) is 0 Å². The maximum Gasteiger partial charge on any atom is 0.433 e. The first-order valence-electron chi connectivity index (χ1n) is 8.94. The number of benzene rings is 1. The molecule has 1 aromatic carbocycles. The summed E-state index contributed by atoms with van der Waals surface area (Å²) < 4.78 is 66.6. The summed E-state index contributed by atoms with van der Waals surface area (Å²) in [6.45, 7) is 0. The molecule has 154 valence electrons. The Morgan fingerprint density at radius 1 is 1.07 bits per heavy atom. The smallest absolute Gasteiger partial charge is 0.299 e. The number of alkyl halides is 3. The van der Waals surface area contributed by atoms with Gasteiger partial charge in [-0.05, 0) is 48.7 Å². The molecule has 3 heterocycles. The standard InChI is InChI=1S/C19H16ClF3N2O3S/c20-12-2-5-14(6-3-12)29(27,28)25-13-4-7-15(16(26)9-13)18(25)11-1-8-17(24-10-11)19(21,22)23/h1-3,5-6,8,10,13,15,18H,4,7,9H2/t13-,15+,18+/m0/s1. The van der Waals surface area contributed by atoms with Crippen molar-refractivity contribution in [1.29, 1.82) is 0 Å². The maximum absolute atomic E-state index is 13.4. The van der Waals surface area contributed by atoms with E-state index in [9.17, 15) is 26.4 Å². The Labute approximate surface area is 170 Å². The number of carbonyl (C=O) groups excluding carboxylic acids is 1. The van der Waals surface area contributed by atoms with Gasteiger partial charge in [-0.15, -0.1) is 0 Å². The number of ketones is 1. The summed E-state index contributed by atoms with van der Waals surface area (Å²) in [6.07, 6.45) is -2.47. The third-order valence-corrected chi connectivity index (χ3v) is 7.68. The summed E-state index contributed by atoms with van der Waals surface area (Å²) in [4.78, 5) is 16.0. The van der Waals surface area contributed by atoms with E-state index in [0.717, 1.165) is 12.3 Å². The fourth-order valence-corrected chi connectivity index (χ4v) is 6.16.